The molecule has 0 radical (unpaired) electrons. The van der Waals surface area contributed by atoms with Crippen molar-refractivity contribution in [2.24, 2.45) is 0 Å². The van der Waals surface area contributed by atoms with Crippen molar-refractivity contribution in [2.45, 2.75) is 50.0 Å². The van der Waals surface area contributed by atoms with E-state index in [0.717, 1.165) is 36.6 Å². The molecule has 0 unspecified atom stereocenters. The monoisotopic (exact) mass is 445 g/mol. The van der Waals surface area contributed by atoms with E-state index in [9.17, 15) is 18.7 Å². The zero-order chi connectivity index (χ0) is 22.5. The molecular formula is C24H29F2N3O3. The minimum Gasteiger partial charge on any atom is -0.442 e. The van der Waals surface area contributed by atoms with Crippen LogP contribution < -0.4 is 16.0 Å². The summed E-state index contributed by atoms with van der Waals surface area (Å²) in [6.45, 7) is 1.91. The number of halogens is 2. The zero-order valence-electron chi connectivity index (χ0n) is 17.8. The van der Waals surface area contributed by atoms with Crippen molar-refractivity contribution in [3.8, 4) is 11.1 Å². The molecule has 32 heavy (non-hydrogen) atoms. The lowest BCUT2D eigenvalue weighted by atomic mass is 9.98. The van der Waals surface area contributed by atoms with Crippen LogP contribution in [0.4, 0.5) is 13.6 Å². The largest absolute Gasteiger partial charge is 0.442 e. The first-order valence-electron chi connectivity index (χ1n) is 11.1. The Kier molecular flexibility index (Phi) is 7.34. The Morgan fingerprint density at radius 3 is 2.59 bits per heavy atom. The molecular weight excluding hydrogens is 416 g/mol. The normalized spacial score (nSPS) is 25.1. The fraction of sp³-hybridized carbons (Fsp3) is 0.458. The number of aliphatic hydroxyl groups is 1. The number of rotatable bonds is 7. The third-order valence-electron chi connectivity index (χ3n) is 6.20. The Hall–Kier alpha value is -2.55. The van der Waals surface area contributed by atoms with Crippen LogP contribution in [0.3, 0.4) is 0 Å². The average Bonchev–Trinajstić information content (AvgIpc) is 3.42. The molecule has 6 nitrogen and oxygen atoms in total. The van der Waals surface area contributed by atoms with Crippen molar-refractivity contribution in [2.75, 3.05) is 19.6 Å². The molecule has 2 aliphatic rings. The minimum absolute atomic E-state index is 0.221. The summed E-state index contributed by atoms with van der Waals surface area (Å²) in [5.41, 5.74) is 2.34. The molecule has 2 saturated heterocycles. The third-order valence-corrected chi connectivity index (χ3v) is 6.20. The highest BCUT2D eigenvalue weighted by atomic mass is 19.2. The van der Waals surface area contributed by atoms with Gasteiger partial charge in [-0.25, -0.2) is 13.6 Å². The summed E-state index contributed by atoms with van der Waals surface area (Å²) in [7, 11) is 0. The first-order chi connectivity index (χ1) is 15.5. The Balaban J connectivity index is 1.31. The van der Waals surface area contributed by atoms with Gasteiger partial charge in [0, 0.05) is 19.1 Å². The number of carbonyl (C=O) groups excluding carboxylic acids is 1. The molecule has 8 heteroatoms. The Bertz CT molecular complexity index is 919. The van der Waals surface area contributed by atoms with E-state index in [1.807, 2.05) is 24.3 Å². The van der Waals surface area contributed by atoms with Crippen LogP contribution in [0.25, 0.3) is 11.1 Å². The maximum absolute atomic E-state index is 13.5. The van der Waals surface area contributed by atoms with Crippen LogP contribution in [0.5, 0.6) is 0 Å². The molecule has 2 aliphatic heterocycles. The second-order valence-electron chi connectivity index (χ2n) is 8.49. The van der Waals surface area contributed by atoms with Crippen molar-refractivity contribution in [1.29, 1.82) is 0 Å². The zero-order valence-corrected chi connectivity index (χ0v) is 17.8. The lowest BCUT2D eigenvalue weighted by Crippen LogP contribution is -2.42. The van der Waals surface area contributed by atoms with Gasteiger partial charge in [0.15, 0.2) is 11.6 Å². The number of nitrogens with one attached hydrogen (secondary N) is 3. The molecule has 0 bridgehead atoms. The SMILES string of the molecule is O=C(NCC[C@@H]1CCCN1)O[C@@H]1[C@@H](O)CN[C@@H]1Cc1ccc(-c2ccc(F)c(F)c2)cc1. The van der Waals surface area contributed by atoms with Gasteiger partial charge in [-0.2, -0.15) is 0 Å². The summed E-state index contributed by atoms with van der Waals surface area (Å²) < 4.78 is 32.2. The van der Waals surface area contributed by atoms with Gasteiger partial charge >= 0.3 is 6.09 Å². The molecule has 1 amide bonds. The number of amides is 1. The van der Waals surface area contributed by atoms with Gasteiger partial charge in [-0.1, -0.05) is 30.3 Å². The van der Waals surface area contributed by atoms with Gasteiger partial charge in [0.2, 0.25) is 0 Å². The predicted molar refractivity (Wildman–Crippen MR) is 117 cm³/mol. The average molecular weight is 446 g/mol. The summed E-state index contributed by atoms with van der Waals surface area (Å²) in [5.74, 6) is -1.75. The van der Waals surface area contributed by atoms with Crippen LogP contribution in [0.2, 0.25) is 0 Å². The molecule has 0 spiro atoms. The van der Waals surface area contributed by atoms with Crippen LogP contribution in [0.1, 0.15) is 24.8 Å². The summed E-state index contributed by atoms with van der Waals surface area (Å²) in [6.07, 6.45) is 1.76. The molecule has 2 fully saturated rings. The molecule has 2 aromatic rings. The molecule has 4 N–H and O–H groups in total. The number of carbonyl (C=O) groups is 1. The van der Waals surface area contributed by atoms with Gasteiger partial charge in [-0.05, 0) is 61.1 Å². The topological polar surface area (TPSA) is 82.6 Å². The molecule has 0 saturated carbocycles. The Morgan fingerprint density at radius 1 is 1.09 bits per heavy atom. The van der Waals surface area contributed by atoms with E-state index in [-0.39, 0.29) is 6.04 Å². The molecule has 4 rings (SSSR count). The summed E-state index contributed by atoms with van der Waals surface area (Å²) >= 11 is 0. The van der Waals surface area contributed by atoms with E-state index < -0.39 is 29.9 Å². The first kappa shape index (κ1) is 22.6. The van der Waals surface area contributed by atoms with Crippen molar-refractivity contribution in [1.82, 2.24) is 16.0 Å². The van der Waals surface area contributed by atoms with E-state index in [4.69, 9.17) is 4.74 Å². The summed E-state index contributed by atoms with van der Waals surface area (Å²) in [4.78, 5) is 12.2. The second kappa shape index (κ2) is 10.4. The minimum atomic E-state index is -0.881. The highest BCUT2D eigenvalue weighted by Gasteiger charge is 2.37. The molecule has 2 heterocycles. The highest BCUT2D eigenvalue weighted by Crippen LogP contribution is 2.24. The fourth-order valence-electron chi connectivity index (χ4n) is 4.40. The summed E-state index contributed by atoms with van der Waals surface area (Å²) in [6, 6.07) is 11.5. The van der Waals surface area contributed by atoms with Gasteiger partial charge in [-0.15, -0.1) is 0 Å². The Labute approximate surface area is 186 Å². The number of alkyl carbamates (subject to hydrolysis) is 1. The quantitative estimate of drug-likeness (QED) is 0.527. The molecule has 172 valence electrons. The highest BCUT2D eigenvalue weighted by molar-refractivity contribution is 5.67. The lowest BCUT2D eigenvalue weighted by molar-refractivity contribution is 0.0189. The smallest absolute Gasteiger partial charge is 0.407 e. The second-order valence-corrected chi connectivity index (χ2v) is 8.49. The van der Waals surface area contributed by atoms with E-state index in [1.54, 1.807) is 0 Å². The first-order valence-corrected chi connectivity index (χ1v) is 11.1. The molecule has 2 aromatic carbocycles. The van der Waals surface area contributed by atoms with Gasteiger partial charge in [0.1, 0.15) is 12.2 Å². The number of hydrogen-bond donors (Lipinski definition) is 4. The van der Waals surface area contributed by atoms with Gasteiger partial charge in [-0.3, -0.25) is 0 Å². The number of ether oxygens (including phenoxy) is 1. The lowest BCUT2D eigenvalue weighted by Gasteiger charge is -2.22. The third kappa shape index (κ3) is 5.62. The van der Waals surface area contributed by atoms with Gasteiger partial charge in [0.05, 0.1) is 6.04 Å². The number of benzene rings is 2. The van der Waals surface area contributed by atoms with Crippen molar-refractivity contribution in [3.63, 3.8) is 0 Å². The predicted octanol–water partition coefficient (Wildman–Crippen LogP) is 2.74. The van der Waals surface area contributed by atoms with Crippen LogP contribution in [0.15, 0.2) is 42.5 Å². The van der Waals surface area contributed by atoms with E-state index in [0.29, 0.717) is 31.1 Å². The molecule has 0 aliphatic carbocycles. The fourth-order valence-corrected chi connectivity index (χ4v) is 4.40. The molecule has 0 aromatic heterocycles. The van der Waals surface area contributed by atoms with Crippen molar-refractivity contribution < 1.29 is 23.4 Å². The van der Waals surface area contributed by atoms with Gasteiger partial charge in [0.25, 0.3) is 0 Å². The maximum atomic E-state index is 13.5. The molecule has 4 atom stereocenters. The van der Waals surface area contributed by atoms with E-state index in [2.05, 4.69) is 16.0 Å². The number of hydrogen-bond acceptors (Lipinski definition) is 5. The number of β-amino-alcohol motifs (C(OH)–C–C–N with tert-alkyl or cyclic N) is 1. The van der Waals surface area contributed by atoms with Gasteiger partial charge < -0.3 is 25.8 Å². The Morgan fingerprint density at radius 2 is 1.88 bits per heavy atom. The van der Waals surface area contributed by atoms with Crippen molar-refractivity contribution >= 4 is 6.09 Å². The van der Waals surface area contributed by atoms with Crippen LogP contribution in [-0.2, 0) is 11.2 Å². The van der Waals surface area contributed by atoms with Crippen LogP contribution in [0, 0.1) is 11.6 Å². The van der Waals surface area contributed by atoms with Crippen LogP contribution >= 0.6 is 0 Å². The number of aliphatic hydroxyl groups excluding tert-OH is 1. The van der Waals surface area contributed by atoms with Crippen LogP contribution in [-0.4, -0.2) is 55.1 Å². The standard InChI is InChI=1S/C24H29F2N3O3/c25-19-8-7-17(13-20(19)26)16-5-3-15(4-6-16)12-21-23(22(30)14-29-21)32-24(31)28-11-9-18-2-1-10-27-18/h3-8,13,18,21-23,27,29-30H,1-2,9-12,14H2,(H,28,31)/t18-,21+,22-,23-/m0/s1. The maximum Gasteiger partial charge on any atom is 0.407 e. The van der Waals surface area contributed by atoms with E-state index >= 15 is 0 Å². The van der Waals surface area contributed by atoms with E-state index in [1.165, 1.54) is 18.6 Å². The van der Waals surface area contributed by atoms with Crippen molar-refractivity contribution in [3.05, 3.63) is 59.7 Å². The summed E-state index contributed by atoms with van der Waals surface area (Å²) in [5, 5.41) is 19.7.